The molecule has 2 aromatic rings. The van der Waals surface area contributed by atoms with Gasteiger partial charge in [0.1, 0.15) is 0 Å². The number of nitrogens with one attached hydrogen (secondary N) is 1. The zero-order valence-electron chi connectivity index (χ0n) is 13.0. The van der Waals surface area contributed by atoms with Gasteiger partial charge in [-0.15, -0.1) is 23.7 Å². The summed E-state index contributed by atoms with van der Waals surface area (Å²) in [6.45, 7) is 0.650. The molecule has 1 amide bonds. The highest BCUT2D eigenvalue weighted by Crippen LogP contribution is 2.27. The van der Waals surface area contributed by atoms with E-state index < -0.39 is 0 Å². The molecule has 0 unspecified atom stereocenters. The summed E-state index contributed by atoms with van der Waals surface area (Å²) in [6.07, 6.45) is 6.73. The van der Waals surface area contributed by atoms with Crippen molar-refractivity contribution in [1.29, 1.82) is 0 Å². The fraction of sp³-hybridized carbons (Fsp3) is 0.412. The van der Waals surface area contributed by atoms with Crippen molar-refractivity contribution in [1.82, 2.24) is 10.3 Å². The summed E-state index contributed by atoms with van der Waals surface area (Å²) in [5, 5.41) is 4.14. The second-order valence-electron chi connectivity index (χ2n) is 5.63. The quantitative estimate of drug-likeness (QED) is 0.641. The number of carbonyl (C=O) groups excluding carboxylic acids is 1. The van der Waals surface area contributed by atoms with E-state index in [1.54, 1.807) is 12.1 Å². The molecule has 1 heterocycles. The SMILES string of the molecule is Cl.Nc1ccccc1C(=O)NCCCc1nc2c(s1)CCCC2. The molecule has 0 spiro atoms. The number of anilines is 1. The Labute approximate surface area is 146 Å². The molecule has 0 radical (unpaired) electrons. The summed E-state index contributed by atoms with van der Waals surface area (Å²) in [5.74, 6) is -0.100. The molecule has 0 saturated carbocycles. The van der Waals surface area contributed by atoms with Crippen LogP contribution in [0.1, 0.15) is 45.2 Å². The molecule has 23 heavy (non-hydrogen) atoms. The van der Waals surface area contributed by atoms with E-state index in [1.165, 1.54) is 34.8 Å². The first-order chi connectivity index (χ1) is 10.7. The third kappa shape index (κ3) is 4.45. The van der Waals surface area contributed by atoms with Crippen LogP contribution < -0.4 is 11.1 Å². The van der Waals surface area contributed by atoms with Crippen molar-refractivity contribution in [2.75, 3.05) is 12.3 Å². The van der Waals surface area contributed by atoms with Crippen molar-refractivity contribution < 1.29 is 4.79 Å². The van der Waals surface area contributed by atoms with Crippen LogP contribution in [0.2, 0.25) is 0 Å². The lowest BCUT2D eigenvalue weighted by atomic mass is 10.0. The molecule has 0 aliphatic heterocycles. The lowest BCUT2D eigenvalue weighted by Gasteiger charge is -2.06. The maximum absolute atomic E-state index is 12.0. The third-order valence-electron chi connectivity index (χ3n) is 3.95. The van der Waals surface area contributed by atoms with E-state index in [4.69, 9.17) is 10.7 Å². The fourth-order valence-electron chi connectivity index (χ4n) is 2.75. The second kappa shape index (κ2) is 8.31. The molecule has 3 N–H and O–H groups in total. The van der Waals surface area contributed by atoms with Crippen molar-refractivity contribution in [3.8, 4) is 0 Å². The van der Waals surface area contributed by atoms with Gasteiger partial charge in [0, 0.05) is 23.5 Å². The van der Waals surface area contributed by atoms with Crippen LogP contribution in [-0.2, 0) is 19.3 Å². The monoisotopic (exact) mass is 351 g/mol. The molecule has 1 aliphatic carbocycles. The van der Waals surface area contributed by atoms with Gasteiger partial charge >= 0.3 is 0 Å². The van der Waals surface area contributed by atoms with Crippen molar-refractivity contribution in [2.45, 2.75) is 38.5 Å². The number of fused-ring (bicyclic) bond motifs is 1. The number of rotatable bonds is 5. The first kappa shape index (κ1) is 17.8. The van der Waals surface area contributed by atoms with Gasteiger partial charge in [0.2, 0.25) is 0 Å². The van der Waals surface area contributed by atoms with Crippen LogP contribution in [0.3, 0.4) is 0 Å². The van der Waals surface area contributed by atoms with Crippen LogP contribution in [0.5, 0.6) is 0 Å². The Morgan fingerprint density at radius 1 is 1.26 bits per heavy atom. The minimum Gasteiger partial charge on any atom is -0.398 e. The van der Waals surface area contributed by atoms with Gasteiger partial charge in [-0.25, -0.2) is 4.98 Å². The smallest absolute Gasteiger partial charge is 0.253 e. The van der Waals surface area contributed by atoms with Gasteiger partial charge in [-0.05, 0) is 44.2 Å². The van der Waals surface area contributed by atoms with Crippen LogP contribution >= 0.6 is 23.7 Å². The molecule has 0 bridgehead atoms. The minimum atomic E-state index is -0.100. The Morgan fingerprint density at radius 2 is 2.04 bits per heavy atom. The van der Waals surface area contributed by atoms with Gasteiger partial charge in [-0.2, -0.15) is 0 Å². The van der Waals surface area contributed by atoms with E-state index in [-0.39, 0.29) is 18.3 Å². The Morgan fingerprint density at radius 3 is 2.83 bits per heavy atom. The van der Waals surface area contributed by atoms with E-state index in [1.807, 2.05) is 23.5 Å². The Bertz CT molecular complexity index is 648. The molecule has 0 fully saturated rings. The number of amides is 1. The molecular formula is C17H22ClN3OS. The number of nitrogen functional groups attached to an aromatic ring is 1. The normalized spacial score (nSPS) is 13.0. The summed E-state index contributed by atoms with van der Waals surface area (Å²) < 4.78 is 0. The van der Waals surface area contributed by atoms with E-state index in [2.05, 4.69) is 5.32 Å². The molecular weight excluding hydrogens is 330 g/mol. The predicted octanol–water partition coefficient (Wildman–Crippen LogP) is 3.39. The second-order valence-corrected chi connectivity index (χ2v) is 6.80. The number of hydrogen-bond donors (Lipinski definition) is 2. The average Bonchev–Trinajstić information content (AvgIpc) is 2.94. The summed E-state index contributed by atoms with van der Waals surface area (Å²) in [4.78, 5) is 18.2. The molecule has 1 aromatic carbocycles. The van der Waals surface area contributed by atoms with Gasteiger partial charge in [-0.1, -0.05) is 12.1 Å². The van der Waals surface area contributed by atoms with Crippen molar-refractivity contribution in [2.24, 2.45) is 0 Å². The summed E-state index contributed by atoms with van der Waals surface area (Å²) in [5.41, 5.74) is 8.19. The van der Waals surface area contributed by atoms with Crippen LogP contribution in [0.15, 0.2) is 24.3 Å². The number of hydrogen-bond acceptors (Lipinski definition) is 4. The molecule has 1 aromatic heterocycles. The number of aromatic nitrogens is 1. The maximum atomic E-state index is 12.0. The van der Waals surface area contributed by atoms with Gasteiger partial charge in [0.05, 0.1) is 16.3 Å². The topological polar surface area (TPSA) is 68.0 Å². The lowest BCUT2D eigenvalue weighted by molar-refractivity contribution is 0.0954. The number of nitrogens with two attached hydrogens (primary N) is 1. The number of aryl methyl sites for hydroxylation is 3. The zero-order valence-corrected chi connectivity index (χ0v) is 14.6. The Hall–Kier alpha value is -1.59. The van der Waals surface area contributed by atoms with Gasteiger partial charge in [0.15, 0.2) is 0 Å². The van der Waals surface area contributed by atoms with Crippen LogP contribution in [0.25, 0.3) is 0 Å². The van der Waals surface area contributed by atoms with Gasteiger partial charge in [-0.3, -0.25) is 4.79 Å². The first-order valence-electron chi connectivity index (χ1n) is 7.84. The highest BCUT2D eigenvalue weighted by molar-refractivity contribution is 7.11. The molecule has 3 rings (SSSR count). The predicted molar refractivity (Wildman–Crippen MR) is 97.5 cm³/mol. The van der Waals surface area contributed by atoms with E-state index in [0.717, 1.165) is 19.3 Å². The summed E-state index contributed by atoms with van der Waals surface area (Å²) in [7, 11) is 0. The number of halogens is 1. The largest absolute Gasteiger partial charge is 0.398 e. The van der Waals surface area contributed by atoms with Crippen LogP contribution in [0, 0.1) is 0 Å². The summed E-state index contributed by atoms with van der Waals surface area (Å²) >= 11 is 1.85. The number of carbonyl (C=O) groups is 1. The van der Waals surface area contributed by atoms with Crippen molar-refractivity contribution in [3.63, 3.8) is 0 Å². The lowest BCUT2D eigenvalue weighted by Crippen LogP contribution is -2.25. The highest BCUT2D eigenvalue weighted by atomic mass is 35.5. The Balaban J connectivity index is 0.00000192. The first-order valence-corrected chi connectivity index (χ1v) is 8.66. The number of nitrogens with zero attached hydrogens (tertiary/aromatic N) is 1. The number of benzene rings is 1. The van der Waals surface area contributed by atoms with Gasteiger partial charge < -0.3 is 11.1 Å². The molecule has 124 valence electrons. The Kier molecular flexibility index (Phi) is 6.42. The zero-order chi connectivity index (χ0) is 15.4. The molecule has 4 nitrogen and oxygen atoms in total. The molecule has 0 atom stereocenters. The van der Waals surface area contributed by atoms with E-state index >= 15 is 0 Å². The van der Waals surface area contributed by atoms with Crippen molar-refractivity contribution >= 4 is 35.3 Å². The molecule has 0 saturated heterocycles. The summed E-state index contributed by atoms with van der Waals surface area (Å²) in [6, 6.07) is 7.15. The maximum Gasteiger partial charge on any atom is 0.253 e. The highest BCUT2D eigenvalue weighted by Gasteiger charge is 2.15. The third-order valence-corrected chi connectivity index (χ3v) is 5.17. The van der Waals surface area contributed by atoms with E-state index in [0.29, 0.717) is 17.8 Å². The number of para-hydroxylation sites is 1. The van der Waals surface area contributed by atoms with Gasteiger partial charge in [0.25, 0.3) is 5.91 Å². The molecule has 1 aliphatic rings. The average molecular weight is 352 g/mol. The van der Waals surface area contributed by atoms with Crippen molar-refractivity contribution in [3.05, 3.63) is 45.4 Å². The standard InChI is InChI=1S/C17H21N3OS.ClH/c18-13-7-2-1-6-12(13)17(21)19-11-5-10-16-20-14-8-3-4-9-15(14)22-16;/h1-2,6-7H,3-5,8-11,18H2,(H,19,21);1H. The molecule has 6 heteroatoms. The van der Waals surface area contributed by atoms with E-state index in [9.17, 15) is 4.79 Å². The number of thiazole rings is 1. The van der Waals surface area contributed by atoms with Crippen LogP contribution in [-0.4, -0.2) is 17.4 Å². The van der Waals surface area contributed by atoms with Crippen LogP contribution in [0.4, 0.5) is 5.69 Å². The fourth-order valence-corrected chi connectivity index (χ4v) is 3.95. The minimum absolute atomic E-state index is 0.